The quantitative estimate of drug-likeness (QED) is 0.341. The van der Waals surface area contributed by atoms with Crippen molar-refractivity contribution >= 4 is 11.5 Å². The molecule has 1 aromatic rings. The van der Waals surface area contributed by atoms with Gasteiger partial charge in [-0.25, -0.2) is 0 Å². The maximum Gasteiger partial charge on any atom is 0.172 e. The zero-order chi connectivity index (χ0) is 13.0. The Balaban J connectivity index is 2.27. The normalized spacial score (nSPS) is 18.7. The van der Waals surface area contributed by atoms with Gasteiger partial charge in [-0.05, 0) is 26.1 Å². The van der Waals surface area contributed by atoms with Crippen molar-refractivity contribution in [3.8, 4) is 0 Å². The molecule has 3 N–H and O–H groups in total. The molecule has 0 amide bonds. The number of pyridine rings is 1. The van der Waals surface area contributed by atoms with Crippen LogP contribution in [0.25, 0.3) is 0 Å². The highest BCUT2D eigenvalue weighted by Gasteiger charge is 2.17. The third-order valence-corrected chi connectivity index (χ3v) is 3.24. The van der Waals surface area contributed by atoms with Gasteiger partial charge in [0.1, 0.15) is 0 Å². The van der Waals surface area contributed by atoms with Crippen LogP contribution < -0.4 is 10.6 Å². The summed E-state index contributed by atoms with van der Waals surface area (Å²) in [5, 5.41) is 11.9. The number of likely N-dealkylation sites (N-methyl/N-ethyl adjacent to an activating group) is 1. The molecule has 0 bridgehead atoms. The van der Waals surface area contributed by atoms with Crippen molar-refractivity contribution in [1.29, 1.82) is 0 Å². The number of nitrogens with two attached hydrogens (primary N) is 1. The molecule has 6 heteroatoms. The lowest BCUT2D eigenvalue weighted by molar-refractivity contribution is 0.318. The van der Waals surface area contributed by atoms with Gasteiger partial charge in [-0.15, -0.1) is 0 Å². The number of hydrogen-bond acceptors (Lipinski definition) is 5. The van der Waals surface area contributed by atoms with E-state index in [1.54, 1.807) is 18.5 Å². The van der Waals surface area contributed by atoms with Crippen molar-refractivity contribution < 1.29 is 5.21 Å². The molecule has 18 heavy (non-hydrogen) atoms. The Morgan fingerprint density at radius 2 is 2.22 bits per heavy atom. The zero-order valence-electron chi connectivity index (χ0n) is 10.6. The number of rotatable bonds is 2. The molecule has 0 spiro atoms. The van der Waals surface area contributed by atoms with E-state index in [1.807, 2.05) is 0 Å². The van der Waals surface area contributed by atoms with Crippen LogP contribution in [0, 0.1) is 0 Å². The van der Waals surface area contributed by atoms with Gasteiger partial charge in [0.15, 0.2) is 5.84 Å². The molecule has 0 atom stereocenters. The van der Waals surface area contributed by atoms with Gasteiger partial charge in [-0.1, -0.05) is 5.16 Å². The highest BCUT2D eigenvalue weighted by atomic mass is 16.4. The summed E-state index contributed by atoms with van der Waals surface area (Å²) in [6.07, 6.45) is 4.53. The minimum atomic E-state index is 0.130. The molecule has 1 aliphatic rings. The van der Waals surface area contributed by atoms with Crippen molar-refractivity contribution in [3.63, 3.8) is 0 Å². The fourth-order valence-corrected chi connectivity index (χ4v) is 2.20. The number of amidine groups is 1. The van der Waals surface area contributed by atoms with Crippen LogP contribution >= 0.6 is 0 Å². The molecular formula is C12H19N5O. The van der Waals surface area contributed by atoms with Crippen molar-refractivity contribution in [3.05, 3.63) is 24.0 Å². The van der Waals surface area contributed by atoms with Crippen molar-refractivity contribution in [2.45, 2.75) is 6.42 Å². The Kier molecular flexibility index (Phi) is 3.99. The smallest absolute Gasteiger partial charge is 0.172 e. The third-order valence-electron chi connectivity index (χ3n) is 3.24. The first kappa shape index (κ1) is 12.6. The highest BCUT2D eigenvalue weighted by molar-refractivity contribution is 6.02. The van der Waals surface area contributed by atoms with Crippen molar-refractivity contribution in [2.75, 3.05) is 38.1 Å². The lowest BCUT2D eigenvalue weighted by Crippen LogP contribution is -2.31. The summed E-state index contributed by atoms with van der Waals surface area (Å²) < 4.78 is 0. The molecule has 1 aromatic heterocycles. The van der Waals surface area contributed by atoms with E-state index in [1.165, 1.54) is 0 Å². The molecule has 2 heterocycles. The Labute approximate surface area is 107 Å². The second-order valence-electron chi connectivity index (χ2n) is 4.52. The van der Waals surface area contributed by atoms with Crippen LogP contribution in [0.1, 0.15) is 12.0 Å². The SMILES string of the molecule is CN1CCCN(c2cnccc2/C(N)=N/O)CC1. The Morgan fingerprint density at radius 3 is 3.00 bits per heavy atom. The van der Waals surface area contributed by atoms with E-state index >= 15 is 0 Å². The number of oxime groups is 1. The molecule has 2 rings (SSSR count). The molecule has 1 saturated heterocycles. The third kappa shape index (κ3) is 2.70. The fraction of sp³-hybridized carbons (Fsp3) is 0.500. The van der Waals surface area contributed by atoms with Gasteiger partial charge in [-0.3, -0.25) is 4.98 Å². The van der Waals surface area contributed by atoms with Gasteiger partial charge in [0.05, 0.1) is 11.9 Å². The Bertz CT molecular complexity index is 434. The summed E-state index contributed by atoms with van der Waals surface area (Å²) in [5.74, 6) is 0.130. The maximum atomic E-state index is 8.82. The molecule has 0 aliphatic carbocycles. The molecule has 98 valence electrons. The van der Waals surface area contributed by atoms with Crippen LogP contribution in [0.4, 0.5) is 5.69 Å². The molecule has 0 radical (unpaired) electrons. The van der Waals surface area contributed by atoms with Gasteiger partial charge < -0.3 is 20.7 Å². The van der Waals surface area contributed by atoms with Gasteiger partial charge in [0.2, 0.25) is 0 Å². The summed E-state index contributed by atoms with van der Waals surface area (Å²) in [5.41, 5.74) is 7.37. The van der Waals surface area contributed by atoms with Crippen LogP contribution in [0.2, 0.25) is 0 Å². The summed E-state index contributed by atoms with van der Waals surface area (Å²) in [7, 11) is 2.12. The first-order valence-electron chi connectivity index (χ1n) is 6.08. The van der Waals surface area contributed by atoms with Gasteiger partial charge in [-0.2, -0.15) is 0 Å². The average Bonchev–Trinajstić information content (AvgIpc) is 2.62. The van der Waals surface area contributed by atoms with E-state index in [-0.39, 0.29) is 5.84 Å². The van der Waals surface area contributed by atoms with E-state index in [9.17, 15) is 0 Å². The maximum absolute atomic E-state index is 8.82. The van der Waals surface area contributed by atoms with Crippen LogP contribution in [-0.4, -0.2) is 54.2 Å². The van der Waals surface area contributed by atoms with E-state index in [0.717, 1.165) is 43.9 Å². The summed E-state index contributed by atoms with van der Waals surface area (Å²) in [6, 6.07) is 1.78. The fourth-order valence-electron chi connectivity index (χ4n) is 2.20. The zero-order valence-corrected chi connectivity index (χ0v) is 10.6. The van der Waals surface area contributed by atoms with Gasteiger partial charge >= 0.3 is 0 Å². The lowest BCUT2D eigenvalue weighted by atomic mass is 10.2. The number of aromatic nitrogens is 1. The number of hydrogen-bond donors (Lipinski definition) is 2. The van der Waals surface area contributed by atoms with Crippen molar-refractivity contribution in [1.82, 2.24) is 9.88 Å². The molecular weight excluding hydrogens is 230 g/mol. The van der Waals surface area contributed by atoms with Crippen LogP contribution in [0.3, 0.4) is 0 Å². The predicted molar refractivity (Wildman–Crippen MR) is 71.1 cm³/mol. The number of anilines is 1. The Hall–Kier alpha value is -1.82. The number of nitrogens with zero attached hydrogens (tertiary/aromatic N) is 4. The minimum absolute atomic E-state index is 0.130. The summed E-state index contributed by atoms with van der Waals surface area (Å²) >= 11 is 0. The molecule has 6 nitrogen and oxygen atoms in total. The Morgan fingerprint density at radius 1 is 1.39 bits per heavy atom. The van der Waals surface area contributed by atoms with E-state index in [4.69, 9.17) is 10.9 Å². The van der Waals surface area contributed by atoms with Crippen LogP contribution in [0.15, 0.2) is 23.6 Å². The molecule has 0 unspecified atom stereocenters. The van der Waals surface area contributed by atoms with E-state index < -0.39 is 0 Å². The monoisotopic (exact) mass is 249 g/mol. The molecule has 0 saturated carbocycles. The molecule has 1 aliphatic heterocycles. The van der Waals surface area contributed by atoms with E-state index in [0.29, 0.717) is 0 Å². The van der Waals surface area contributed by atoms with Gasteiger partial charge in [0.25, 0.3) is 0 Å². The largest absolute Gasteiger partial charge is 0.409 e. The second kappa shape index (κ2) is 5.68. The predicted octanol–water partition coefficient (Wildman–Crippen LogP) is 0.318. The second-order valence-corrected chi connectivity index (χ2v) is 4.52. The van der Waals surface area contributed by atoms with Crippen LogP contribution in [0.5, 0.6) is 0 Å². The van der Waals surface area contributed by atoms with Crippen LogP contribution in [-0.2, 0) is 0 Å². The van der Waals surface area contributed by atoms with E-state index in [2.05, 4.69) is 27.0 Å². The lowest BCUT2D eigenvalue weighted by Gasteiger charge is -2.24. The van der Waals surface area contributed by atoms with Crippen molar-refractivity contribution in [2.24, 2.45) is 10.9 Å². The molecule has 1 fully saturated rings. The summed E-state index contributed by atoms with van der Waals surface area (Å²) in [4.78, 5) is 8.68. The first-order valence-corrected chi connectivity index (χ1v) is 6.08. The standard InChI is InChI=1S/C12H19N5O/c1-16-5-2-6-17(8-7-16)11-9-14-4-3-10(11)12(13)15-18/h3-4,9,18H,2,5-8H2,1H3,(H2,13,15). The topological polar surface area (TPSA) is 78.0 Å². The molecule has 0 aromatic carbocycles. The first-order chi connectivity index (χ1) is 8.72. The highest BCUT2D eigenvalue weighted by Crippen LogP contribution is 2.20. The van der Waals surface area contributed by atoms with Gasteiger partial charge in [0, 0.05) is 31.4 Å². The average molecular weight is 249 g/mol. The minimum Gasteiger partial charge on any atom is -0.409 e. The summed E-state index contributed by atoms with van der Waals surface area (Å²) in [6.45, 7) is 3.98.